The van der Waals surface area contributed by atoms with Crippen LogP contribution in [0.3, 0.4) is 0 Å². The number of rotatable bonds is 64. The molecule has 3 aliphatic heterocycles. The number of aromatic nitrogens is 2. The average molecular weight is 1970 g/mol. The Balaban J connectivity index is 0.532. The van der Waals surface area contributed by atoms with E-state index in [2.05, 4.69) is 42.5 Å². The maximum absolute atomic E-state index is 15.6. The summed E-state index contributed by atoms with van der Waals surface area (Å²) >= 11 is 0. The van der Waals surface area contributed by atoms with E-state index in [4.69, 9.17) is 91.6 Å². The quantitative estimate of drug-likeness (QED) is 0.0147. The smallest absolute Gasteiger partial charge is 0.407 e. The van der Waals surface area contributed by atoms with Gasteiger partial charge in [0, 0.05) is 60.2 Å². The molecule has 0 saturated carbocycles. The van der Waals surface area contributed by atoms with Crippen molar-refractivity contribution in [1.82, 2.24) is 46.8 Å². The number of esters is 1. The molecule has 42 nitrogen and oxygen atoms in total. The molecule has 140 heavy (non-hydrogen) atoms. The summed E-state index contributed by atoms with van der Waals surface area (Å²) in [6, 6.07) is 19.7. The fraction of sp³-hybridized carbons (Fsp3) is 0.577. The van der Waals surface area contributed by atoms with Crippen molar-refractivity contribution in [3.63, 3.8) is 0 Å². The molecule has 2 aromatic heterocycles. The standard InChI is InChI=1S/C97H132FN11O31/c1-5-97(124)71-53-77-82-68(55-109(77)91(117)70(71)58-137-93(97)120)80-73(24-23-63-60(4)72(98)54-76(104-82)79(63)80)106-95(122)138-56-61-19-21-62(22-20-61)103-87(114)74(18-12-27-102-94(99)121)105-89(116)81(59(2)3)108-88(115)75(107-96(123)139-57-69-66-15-8-6-13-64(66)65-14-7-9-16-67(65)69)17-10-11-26-100-78(110)25-29-125-31-33-127-35-37-129-39-41-131-43-45-133-47-49-135-51-52-136-50-48-134-46-44-132-42-40-130-38-36-128-34-32-126-30-28-101-90-85(113)83(111)84(112)86(140-90)92(118)119/h6-9,13-16,19-22,53-54,59,69,73-75,81,83-86,90,101,111-113,124H,5,10-12,17-18,23-52,55-58H2,1-4H3,(H,100,110)(H,103,114)(H,105,116)(H,106,122)(H,107,123)(H,108,115)(H,118,119)(H3,99,102,121)/t73-,74-,75-,81-,83-,84-,85+,86-,90?,97-/m0/s1. The van der Waals surface area contributed by atoms with Gasteiger partial charge in [-0.05, 0) is 127 Å². The van der Waals surface area contributed by atoms with E-state index < -0.39 is 126 Å². The van der Waals surface area contributed by atoms with Crippen molar-refractivity contribution in [2.24, 2.45) is 11.7 Å². The third-order valence-electron chi connectivity index (χ3n) is 24.3. The first-order valence-electron chi connectivity index (χ1n) is 47.5. The summed E-state index contributed by atoms with van der Waals surface area (Å²) in [4.78, 5) is 139. The third-order valence-corrected chi connectivity index (χ3v) is 24.3. The van der Waals surface area contributed by atoms with Gasteiger partial charge in [-0.1, -0.05) is 81.4 Å². The van der Waals surface area contributed by atoms with Gasteiger partial charge in [-0.3, -0.25) is 29.3 Å². The normalized spacial score (nSPS) is 18.4. The monoisotopic (exact) mass is 1970 g/mol. The number of nitrogens with two attached hydrogens (primary N) is 1. The summed E-state index contributed by atoms with van der Waals surface area (Å²) in [6.45, 7) is 14.9. The van der Waals surface area contributed by atoms with Gasteiger partial charge < -0.3 is 149 Å². The third kappa shape index (κ3) is 31.5. The lowest BCUT2D eigenvalue weighted by molar-refractivity contribution is -0.234. The summed E-state index contributed by atoms with van der Waals surface area (Å²) in [7, 11) is 0. The van der Waals surface area contributed by atoms with E-state index in [-0.39, 0.29) is 134 Å². The van der Waals surface area contributed by atoms with Gasteiger partial charge in [0.15, 0.2) is 11.7 Å². The van der Waals surface area contributed by atoms with E-state index in [1.54, 1.807) is 58.0 Å². The number of hydrogen-bond donors (Lipinski definition) is 14. The molecule has 1 unspecified atom stereocenters. The molecular formula is C97H132FN11O31. The minimum atomic E-state index is -2.08. The number of carbonyl (C=O) groups is 9. The number of aliphatic carboxylic acids is 1. The molecule has 15 N–H and O–H groups in total. The number of carbonyl (C=O) groups excluding carboxylic acids is 8. The van der Waals surface area contributed by atoms with Crippen molar-refractivity contribution in [1.29, 1.82) is 0 Å². The molecule has 1 saturated heterocycles. The zero-order chi connectivity index (χ0) is 99.9. The molecule has 43 heteroatoms. The number of aliphatic hydroxyl groups is 4. The van der Waals surface area contributed by atoms with E-state index >= 15 is 4.39 Å². The molecule has 0 radical (unpaired) electrons. The first-order chi connectivity index (χ1) is 67.8. The Morgan fingerprint density at radius 3 is 1.68 bits per heavy atom. The van der Waals surface area contributed by atoms with Crippen LogP contribution in [0.25, 0.3) is 33.4 Å². The molecule has 2 aliphatic carbocycles. The lowest BCUT2D eigenvalue weighted by Crippen LogP contribution is -2.63. The van der Waals surface area contributed by atoms with Crippen LogP contribution in [0.15, 0.2) is 89.7 Å². The Morgan fingerprint density at radius 1 is 0.593 bits per heavy atom. The van der Waals surface area contributed by atoms with Crippen LogP contribution in [0.5, 0.6) is 0 Å². The molecule has 0 bridgehead atoms. The van der Waals surface area contributed by atoms with Crippen LogP contribution in [0, 0.1) is 18.7 Å². The highest BCUT2D eigenvalue weighted by Gasteiger charge is 2.49. The zero-order valence-electron chi connectivity index (χ0n) is 79.4. The average Bonchev–Trinajstić information content (AvgIpc) is 1.52. The number of urea groups is 1. The number of hydrogen-bond acceptors (Lipinski definition) is 32. The Kier molecular flexibility index (Phi) is 44.3. The van der Waals surface area contributed by atoms with Crippen molar-refractivity contribution < 1.29 is 149 Å². The second-order valence-electron chi connectivity index (χ2n) is 34.2. The fourth-order valence-electron chi connectivity index (χ4n) is 16.8. The Labute approximate surface area is 809 Å². The van der Waals surface area contributed by atoms with Crippen LogP contribution >= 0.6 is 0 Å². The van der Waals surface area contributed by atoms with Crippen LogP contribution < -0.4 is 53.8 Å². The first kappa shape index (κ1) is 109. The van der Waals surface area contributed by atoms with Crippen molar-refractivity contribution in [2.75, 3.05) is 190 Å². The van der Waals surface area contributed by atoms with E-state index in [0.29, 0.717) is 207 Å². The van der Waals surface area contributed by atoms with Crippen molar-refractivity contribution in [3.05, 3.63) is 151 Å². The fourth-order valence-corrected chi connectivity index (χ4v) is 16.8. The Hall–Kier alpha value is -10.9. The highest BCUT2D eigenvalue weighted by Crippen LogP contribution is 2.48. The second-order valence-corrected chi connectivity index (χ2v) is 34.2. The van der Waals surface area contributed by atoms with E-state index in [1.807, 2.05) is 48.5 Å². The van der Waals surface area contributed by atoms with Gasteiger partial charge in [0.25, 0.3) is 5.56 Å². The molecule has 1 fully saturated rings. The minimum absolute atomic E-state index is 0.00487. The van der Waals surface area contributed by atoms with Crippen LogP contribution in [-0.4, -0.2) is 322 Å². The summed E-state index contributed by atoms with van der Waals surface area (Å²) in [6.07, 6.45) is -7.81. The number of cyclic esters (lactones) is 1. The van der Waals surface area contributed by atoms with Gasteiger partial charge in [0.1, 0.15) is 68.3 Å². The second kappa shape index (κ2) is 56.7. The largest absolute Gasteiger partial charge is 0.479 e. The molecule has 5 aliphatic rings. The molecule has 8 amide bonds. The van der Waals surface area contributed by atoms with Crippen LogP contribution in [0.1, 0.15) is 134 Å². The maximum atomic E-state index is 15.6. The number of benzene rings is 4. The number of ether oxygens (including phenoxy) is 16. The number of unbranched alkanes of at least 4 members (excludes halogenated alkanes) is 1. The van der Waals surface area contributed by atoms with E-state index in [0.717, 1.165) is 22.3 Å². The Bertz CT molecular complexity index is 5090. The van der Waals surface area contributed by atoms with Crippen molar-refractivity contribution >= 4 is 70.4 Å². The molecule has 10 atom stereocenters. The number of alkyl carbamates (subject to hydrolysis) is 2. The highest BCUT2D eigenvalue weighted by atomic mass is 19.1. The summed E-state index contributed by atoms with van der Waals surface area (Å²) in [5.74, 6) is -6.05. The number of aryl methyl sites for hydroxylation is 1. The SMILES string of the molecule is CC[C@@]1(O)C(=O)OCc2c1cc1n(c2=O)Cc2c-1nc1cc(F)c(C)c3c1c2[C@@H](NC(=O)OCc1ccc(NC(=O)[C@H](CCCNC(N)=O)NC(=O)[C@@H](NC(=O)[C@H](CCCCNC(=O)CCOCCOCCOCCOCCOCCOCCOCCOCCOCCOCCOCCOCCNC2O[C@H](C(=O)O)[C@@H](O)[C@H](O)[C@H]2O)NC(=O)OCC2c4ccccc4-c4ccccc42)C(C)C)cc1)CC3. The van der Waals surface area contributed by atoms with Crippen molar-refractivity contribution in [2.45, 2.75) is 172 Å². The maximum Gasteiger partial charge on any atom is 0.407 e. The number of nitrogens with one attached hydrogen (secondary N) is 8. The molecular weight excluding hydrogens is 1830 g/mol. The highest BCUT2D eigenvalue weighted by molar-refractivity contribution is 5.99. The summed E-state index contributed by atoms with van der Waals surface area (Å²) < 4.78 is 106. The van der Waals surface area contributed by atoms with Gasteiger partial charge in [-0.2, -0.15) is 0 Å². The van der Waals surface area contributed by atoms with Gasteiger partial charge >= 0.3 is 30.2 Å². The van der Waals surface area contributed by atoms with E-state index in [9.17, 15) is 68.4 Å². The molecule has 5 heterocycles. The number of carboxylic acid groups (broad SMARTS) is 1. The first-order valence-corrected chi connectivity index (χ1v) is 47.5. The lowest BCUT2D eigenvalue weighted by atomic mass is 9.81. The van der Waals surface area contributed by atoms with Crippen LogP contribution in [0.2, 0.25) is 0 Å². The van der Waals surface area contributed by atoms with Gasteiger partial charge in [0.05, 0.1) is 194 Å². The van der Waals surface area contributed by atoms with Crippen LogP contribution in [-0.2, 0) is 136 Å². The molecule has 11 rings (SSSR count). The summed E-state index contributed by atoms with van der Waals surface area (Å²) in [5.41, 5.74) is 11.2. The number of aliphatic hydroxyl groups excluding tert-OH is 3. The number of pyridine rings is 2. The zero-order valence-corrected chi connectivity index (χ0v) is 79.4. The number of primary amides is 1. The van der Waals surface area contributed by atoms with E-state index in [1.165, 1.54) is 10.6 Å². The molecule has 4 aromatic carbocycles. The minimum Gasteiger partial charge on any atom is -0.479 e. The van der Waals surface area contributed by atoms with Gasteiger partial charge in [-0.25, -0.2) is 33.3 Å². The molecule has 768 valence electrons. The Morgan fingerprint density at radius 2 is 1.13 bits per heavy atom. The summed E-state index contributed by atoms with van der Waals surface area (Å²) in [5, 5.41) is 73.3. The van der Waals surface area contributed by atoms with Gasteiger partial charge in [0.2, 0.25) is 23.6 Å². The number of nitrogens with zero attached hydrogens (tertiary/aromatic N) is 2. The predicted octanol–water partition coefficient (Wildman–Crippen LogP) is 3.72. The predicted molar refractivity (Wildman–Crippen MR) is 500 cm³/mol. The van der Waals surface area contributed by atoms with Gasteiger partial charge in [-0.15, -0.1) is 0 Å². The van der Waals surface area contributed by atoms with Crippen molar-refractivity contribution in [3.8, 4) is 22.5 Å². The number of halogens is 1. The molecule has 0 spiro atoms. The van der Waals surface area contributed by atoms with Crippen LogP contribution in [0.4, 0.5) is 24.5 Å². The number of amides is 8. The lowest BCUT2D eigenvalue weighted by Gasteiger charge is -2.39. The number of fused-ring (bicyclic) bond motifs is 8. The topological polar surface area (TPSA) is 560 Å². The molecule has 6 aromatic rings. The number of carboxylic acids is 1. The number of anilines is 1.